The summed E-state index contributed by atoms with van der Waals surface area (Å²) in [6.07, 6.45) is 0. The van der Waals surface area contributed by atoms with E-state index in [1.54, 1.807) is 0 Å². The molecule has 0 radical (unpaired) electrons. The van der Waals surface area contributed by atoms with E-state index in [0.29, 0.717) is 0 Å². The summed E-state index contributed by atoms with van der Waals surface area (Å²) in [7, 11) is 1.32. The fraction of sp³-hybridized carbons (Fsp3) is 0.364. The van der Waals surface area contributed by atoms with Gasteiger partial charge in [0.2, 0.25) is 0 Å². The van der Waals surface area contributed by atoms with E-state index in [-0.39, 0.29) is 30.0 Å². The van der Waals surface area contributed by atoms with Gasteiger partial charge in [0, 0.05) is 12.1 Å². The van der Waals surface area contributed by atoms with Crippen molar-refractivity contribution in [3.05, 3.63) is 29.3 Å². The maximum absolute atomic E-state index is 11.0. The highest BCUT2D eigenvalue weighted by Crippen LogP contribution is 2.24. The quantitative estimate of drug-likeness (QED) is 0.418. The standard InChI is InChI=1S/C11H15NO6/c1-18-9-3-2-7(6-8(9)10(14)15)11(16,17)12-4-5-13/h2-3,6,12-13,16-17H,4-5H2,1H3,(H,14,15). The second-order valence-electron chi connectivity index (χ2n) is 3.54. The van der Waals surface area contributed by atoms with Gasteiger partial charge in [-0.1, -0.05) is 0 Å². The number of carbonyl (C=O) groups is 1. The van der Waals surface area contributed by atoms with Crippen molar-refractivity contribution >= 4 is 5.97 Å². The first-order valence-corrected chi connectivity index (χ1v) is 5.15. The normalized spacial score (nSPS) is 11.3. The van der Waals surface area contributed by atoms with Gasteiger partial charge in [-0.15, -0.1) is 0 Å². The molecule has 0 amide bonds. The van der Waals surface area contributed by atoms with Crippen LogP contribution < -0.4 is 10.1 Å². The molecule has 5 N–H and O–H groups in total. The number of nitrogens with one attached hydrogen (secondary N) is 1. The minimum atomic E-state index is -2.42. The van der Waals surface area contributed by atoms with Crippen LogP contribution in [-0.4, -0.2) is 46.7 Å². The van der Waals surface area contributed by atoms with Crippen LogP contribution in [0.1, 0.15) is 15.9 Å². The lowest BCUT2D eigenvalue weighted by Gasteiger charge is -2.23. The number of methoxy groups -OCH3 is 1. The molecule has 0 aliphatic heterocycles. The number of carboxylic acids is 1. The molecule has 0 unspecified atom stereocenters. The molecule has 1 aromatic rings. The van der Waals surface area contributed by atoms with Gasteiger partial charge in [-0.2, -0.15) is 0 Å². The van der Waals surface area contributed by atoms with Crippen LogP contribution in [0.5, 0.6) is 5.75 Å². The van der Waals surface area contributed by atoms with Crippen molar-refractivity contribution in [1.82, 2.24) is 5.32 Å². The number of carboxylic acid groups (broad SMARTS) is 1. The van der Waals surface area contributed by atoms with Gasteiger partial charge >= 0.3 is 5.97 Å². The highest BCUT2D eigenvalue weighted by molar-refractivity contribution is 5.91. The summed E-state index contributed by atoms with van der Waals surface area (Å²) in [5.74, 6) is -3.55. The van der Waals surface area contributed by atoms with Gasteiger partial charge in [0.25, 0.3) is 5.91 Å². The minimum Gasteiger partial charge on any atom is -0.496 e. The monoisotopic (exact) mass is 257 g/mol. The van der Waals surface area contributed by atoms with Crippen LogP contribution >= 0.6 is 0 Å². The van der Waals surface area contributed by atoms with Crippen molar-refractivity contribution in [3.63, 3.8) is 0 Å². The van der Waals surface area contributed by atoms with Gasteiger partial charge in [0.1, 0.15) is 11.3 Å². The molecule has 0 heterocycles. The molecule has 0 saturated heterocycles. The van der Waals surface area contributed by atoms with Crippen molar-refractivity contribution in [2.45, 2.75) is 5.91 Å². The summed E-state index contributed by atoms with van der Waals surface area (Å²) in [4.78, 5) is 11.0. The van der Waals surface area contributed by atoms with Gasteiger partial charge in [0.15, 0.2) is 0 Å². The Morgan fingerprint density at radius 1 is 1.44 bits per heavy atom. The third kappa shape index (κ3) is 3.17. The third-order valence-electron chi connectivity index (χ3n) is 2.32. The van der Waals surface area contributed by atoms with E-state index >= 15 is 0 Å². The van der Waals surface area contributed by atoms with Crippen LogP contribution in [0.2, 0.25) is 0 Å². The van der Waals surface area contributed by atoms with Crippen LogP contribution in [0, 0.1) is 0 Å². The summed E-state index contributed by atoms with van der Waals surface area (Å²) in [6, 6.07) is 3.72. The molecule has 0 atom stereocenters. The average Bonchev–Trinajstić information content (AvgIpc) is 2.35. The molecule has 1 rings (SSSR count). The number of benzene rings is 1. The smallest absolute Gasteiger partial charge is 0.339 e. The predicted molar refractivity (Wildman–Crippen MR) is 61.2 cm³/mol. The van der Waals surface area contributed by atoms with Gasteiger partial charge in [-0.25, -0.2) is 4.79 Å². The Kier molecular flexibility index (Phi) is 4.62. The molecule has 0 spiro atoms. The van der Waals surface area contributed by atoms with Crippen LogP contribution in [0.15, 0.2) is 18.2 Å². The summed E-state index contributed by atoms with van der Waals surface area (Å²) in [6.45, 7) is -0.341. The third-order valence-corrected chi connectivity index (χ3v) is 2.32. The highest BCUT2D eigenvalue weighted by Gasteiger charge is 2.27. The first kappa shape index (κ1) is 14.4. The van der Waals surface area contributed by atoms with E-state index in [0.717, 1.165) is 6.07 Å². The van der Waals surface area contributed by atoms with Gasteiger partial charge < -0.3 is 25.2 Å². The molecule has 0 aliphatic carbocycles. The number of aromatic carboxylic acids is 1. The lowest BCUT2D eigenvalue weighted by molar-refractivity contribution is -0.195. The Bertz CT molecular complexity index is 432. The summed E-state index contributed by atoms with van der Waals surface area (Å²) in [5, 5.41) is 39.2. The van der Waals surface area contributed by atoms with Gasteiger partial charge in [0.05, 0.1) is 13.7 Å². The molecule has 7 nitrogen and oxygen atoms in total. The van der Waals surface area contributed by atoms with Crippen molar-refractivity contribution in [3.8, 4) is 5.75 Å². The first-order chi connectivity index (χ1) is 8.42. The topological polar surface area (TPSA) is 119 Å². The number of aliphatic hydroxyl groups excluding tert-OH is 1. The zero-order valence-corrected chi connectivity index (χ0v) is 9.75. The molecular weight excluding hydrogens is 242 g/mol. The van der Waals surface area contributed by atoms with E-state index in [1.165, 1.54) is 19.2 Å². The Morgan fingerprint density at radius 2 is 2.11 bits per heavy atom. The number of hydrogen-bond acceptors (Lipinski definition) is 6. The predicted octanol–water partition coefficient (Wildman–Crippen LogP) is -0.930. The number of rotatable bonds is 6. The van der Waals surface area contributed by atoms with E-state index in [1.807, 2.05) is 0 Å². The fourth-order valence-electron chi connectivity index (χ4n) is 1.42. The number of ether oxygens (including phenoxy) is 1. The Hall–Kier alpha value is -1.67. The SMILES string of the molecule is COc1ccc(C(O)(O)NCCO)cc1C(=O)O. The maximum atomic E-state index is 11.0. The summed E-state index contributed by atoms with van der Waals surface area (Å²) >= 11 is 0. The van der Waals surface area contributed by atoms with Crippen molar-refractivity contribution in [2.24, 2.45) is 0 Å². The van der Waals surface area contributed by atoms with Gasteiger partial charge in [-0.05, 0) is 18.2 Å². The van der Waals surface area contributed by atoms with Crippen molar-refractivity contribution < 1.29 is 30.0 Å². The van der Waals surface area contributed by atoms with E-state index in [9.17, 15) is 15.0 Å². The summed E-state index contributed by atoms with van der Waals surface area (Å²) in [5.41, 5.74) is -0.248. The largest absolute Gasteiger partial charge is 0.496 e. The first-order valence-electron chi connectivity index (χ1n) is 5.15. The molecule has 100 valence electrons. The number of aliphatic hydroxyl groups is 3. The zero-order valence-electron chi connectivity index (χ0n) is 9.75. The Balaban J connectivity index is 3.11. The molecule has 0 aromatic heterocycles. The molecule has 1 aromatic carbocycles. The average molecular weight is 257 g/mol. The van der Waals surface area contributed by atoms with Crippen LogP contribution in [0.4, 0.5) is 0 Å². The fourth-order valence-corrected chi connectivity index (χ4v) is 1.42. The summed E-state index contributed by atoms with van der Waals surface area (Å²) < 4.78 is 4.85. The van der Waals surface area contributed by atoms with Crippen LogP contribution in [0.25, 0.3) is 0 Å². The van der Waals surface area contributed by atoms with Crippen molar-refractivity contribution in [2.75, 3.05) is 20.3 Å². The Morgan fingerprint density at radius 3 is 2.61 bits per heavy atom. The van der Waals surface area contributed by atoms with E-state index < -0.39 is 11.9 Å². The molecule has 18 heavy (non-hydrogen) atoms. The zero-order chi connectivity index (χ0) is 13.8. The molecule has 0 saturated carbocycles. The second-order valence-corrected chi connectivity index (χ2v) is 3.54. The number of hydrogen-bond donors (Lipinski definition) is 5. The van der Waals surface area contributed by atoms with Crippen LogP contribution in [0.3, 0.4) is 0 Å². The second kappa shape index (κ2) is 5.78. The van der Waals surface area contributed by atoms with E-state index in [4.69, 9.17) is 14.9 Å². The highest BCUT2D eigenvalue weighted by atomic mass is 16.5. The molecule has 0 fully saturated rings. The maximum Gasteiger partial charge on any atom is 0.339 e. The minimum absolute atomic E-state index is 0.0541. The van der Waals surface area contributed by atoms with Gasteiger partial charge in [-0.3, -0.25) is 5.32 Å². The van der Waals surface area contributed by atoms with Crippen molar-refractivity contribution in [1.29, 1.82) is 0 Å². The molecular formula is C11H15NO6. The molecule has 0 bridgehead atoms. The lowest BCUT2D eigenvalue weighted by atomic mass is 10.1. The molecule has 7 heteroatoms. The lowest BCUT2D eigenvalue weighted by Crippen LogP contribution is -2.43. The Labute approximate surface area is 103 Å². The van der Waals surface area contributed by atoms with E-state index in [2.05, 4.69) is 5.32 Å². The van der Waals surface area contributed by atoms with Crippen LogP contribution in [-0.2, 0) is 5.91 Å². The molecule has 0 aliphatic rings.